The Morgan fingerprint density at radius 3 is 2.83 bits per heavy atom. The van der Waals surface area contributed by atoms with Gasteiger partial charge in [-0.05, 0) is 38.3 Å². The predicted octanol–water partition coefficient (Wildman–Crippen LogP) is 1.22. The second-order valence-corrected chi connectivity index (χ2v) is 5.65. The first-order valence-corrected chi connectivity index (χ1v) is 7.35. The lowest BCUT2D eigenvalue weighted by atomic mass is 10.1. The summed E-state index contributed by atoms with van der Waals surface area (Å²) in [5, 5.41) is 6.39. The summed E-state index contributed by atoms with van der Waals surface area (Å²) in [6.45, 7) is 11.0. The van der Waals surface area contributed by atoms with E-state index in [1.807, 2.05) is 0 Å². The van der Waals surface area contributed by atoms with Gasteiger partial charge in [0.05, 0.1) is 6.54 Å². The third-order valence-corrected chi connectivity index (χ3v) is 3.45. The summed E-state index contributed by atoms with van der Waals surface area (Å²) in [7, 11) is 0. The second kappa shape index (κ2) is 8.48. The molecule has 1 amide bonds. The lowest BCUT2D eigenvalue weighted by Crippen LogP contribution is -2.44. The molecule has 106 valence electrons. The van der Waals surface area contributed by atoms with Gasteiger partial charge in [-0.2, -0.15) is 0 Å². The van der Waals surface area contributed by atoms with Gasteiger partial charge in [-0.15, -0.1) is 0 Å². The van der Waals surface area contributed by atoms with Crippen molar-refractivity contribution in [2.75, 3.05) is 32.7 Å². The maximum absolute atomic E-state index is 11.9. The molecule has 1 atom stereocenters. The molecule has 4 heteroatoms. The number of carbonyl (C=O) groups is 1. The van der Waals surface area contributed by atoms with E-state index in [1.165, 1.54) is 6.42 Å². The van der Waals surface area contributed by atoms with Gasteiger partial charge in [-0.1, -0.05) is 20.8 Å². The molecule has 1 saturated heterocycles. The highest BCUT2D eigenvalue weighted by atomic mass is 16.2. The Kier molecular flexibility index (Phi) is 7.28. The van der Waals surface area contributed by atoms with Crippen molar-refractivity contribution < 1.29 is 4.79 Å². The minimum absolute atomic E-state index is 0.177. The molecular weight excluding hydrogens is 226 g/mol. The molecule has 0 aromatic heterocycles. The van der Waals surface area contributed by atoms with Gasteiger partial charge in [-0.25, -0.2) is 0 Å². The molecule has 0 bridgehead atoms. The van der Waals surface area contributed by atoms with Crippen LogP contribution in [0, 0.1) is 5.92 Å². The first kappa shape index (κ1) is 15.4. The van der Waals surface area contributed by atoms with Crippen LogP contribution >= 0.6 is 0 Å². The van der Waals surface area contributed by atoms with Crippen LogP contribution in [0.15, 0.2) is 0 Å². The molecule has 1 aliphatic heterocycles. The number of rotatable bonds is 8. The van der Waals surface area contributed by atoms with Crippen molar-refractivity contribution >= 4 is 5.91 Å². The van der Waals surface area contributed by atoms with Gasteiger partial charge in [-0.3, -0.25) is 9.69 Å². The van der Waals surface area contributed by atoms with Crippen LogP contribution in [-0.2, 0) is 4.79 Å². The SMILES string of the molecule is CCCN(CC(=O)NCCC(C)C)C1CCNC1. The van der Waals surface area contributed by atoms with E-state index in [2.05, 4.69) is 36.3 Å². The van der Waals surface area contributed by atoms with E-state index in [0.717, 1.165) is 39.0 Å². The lowest BCUT2D eigenvalue weighted by molar-refractivity contribution is -0.122. The van der Waals surface area contributed by atoms with E-state index in [9.17, 15) is 4.79 Å². The minimum Gasteiger partial charge on any atom is -0.355 e. The maximum Gasteiger partial charge on any atom is 0.234 e. The fourth-order valence-electron chi connectivity index (χ4n) is 2.37. The summed E-state index contributed by atoms with van der Waals surface area (Å²) in [5.41, 5.74) is 0. The molecule has 2 N–H and O–H groups in total. The number of hydrogen-bond donors (Lipinski definition) is 2. The van der Waals surface area contributed by atoms with E-state index in [1.54, 1.807) is 0 Å². The minimum atomic E-state index is 0.177. The molecule has 4 nitrogen and oxygen atoms in total. The zero-order valence-electron chi connectivity index (χ0n) is 12.2. The van der Waals surface area contributed by atoms with Gasteiger partial charge in [0.15, 0.2) is 0 Å². The topological polar surface area (TPSA) is 44.4 Å². The molecule has 1 fully saturated rings. The maximum atomic E-state index is 11.9. The number of nitrogens with one attached hydrogen (secondary N) is 2. The predicted molar refractivity (Wildman–Crippen MR) is 75.6 cm³/mol. The number of hydrogen-bond acceptors (Lipinski definition) is 3. The molecule has 1 rings (SSSR count). The molecule has 0 aromatic carbocycles. The Hall–Kier alpha value is -0.610. The molecular formula is C14H29N3O. The Balaban J connectivity index is 2.28. The monoisotopic (exact) mass is 255 g/mol. The summed E-state index contributed by atoms with van der Waals surface area (Å²) in [5.74, 6) is 0.826. The van der Waals surface area contributed by atoms with Crippen molar-refractivity contribution in [1.29, 1.82) is 0 Å². The summed E-state index contributed by atoms with van der Waals surface area (Å²) in [6, 6.07) is 0.542. The van der Waals surface area contributed by atoms with Gasteiger partial charge < -0.3 is 10.6 Å². The summed E-state index contributed by atoms with van der Waals surface area (Å²) < 4.78 is 0. The lowest BCUT2D eigenvalue weighted by Gasteiger charge is -2.27. The van der Waals surface area contributed by atoms with Crippen molar-refractivity contribution in [3.05, 3.63) is 0 Å². The van der Waals surface area contributed by atoms with Crippen LogP contribution in [0.4, 0.5) is 0 Å². The van der Waals surface area contributed by atoms with E-state index in [4.69, 9.17) is 0 Å². The summed E-state index contributed by atoms with van der Waals surface area (Å²) in [4.78, 5) is 14.2. The third kappa shape index (κ3) is 5.83. The largest absolute Gasteiger partial charge is 0.355 e. The van der Waals surface area contributed by atoms with E-state index < -0.39 is 0 Å². The molecule has 1 aliphatic rings. The highest BCUT2D eigenvalue weighted by Crippen LogP contribution is 2.08. The molecule has 0 radical (unpaired) electrons. The zero-order chi connectivity index (χ0) is 13.4. The van der Waals surface area contributed by atoms with Gasteiger partial charge in [0.25, 0.3) is 0 Å². The summed E-state index contributed by atoms with van der Waals surface area (Å²) >= 11 is 0. The molecule has 1 heterocycles. The van der Waals surface area contributed by atoms with Gasteiger partial charge in [0.2, 0.25) is 5.91 Å². The number of nitrogens with zero attached hydrogens (tertiary/aromatic N) is 1. The fourth-order valence-corrected chi connectivity index (χ4v) is 2.37. The van der Waals surface area contributed by atoms with Crippen LogP contribution in [0.2, 0.25) is 0 Å². The normalized spacial score (nSPS) is 19.7. The van der Waals surface area contributed by atoms with Crippen molar-refractivity contribution in [3.8, 4) is 0 Å². The Labute approximate surface area is 111 Å². The molecule has 1 unspecified atom stereocenters. The smallest absolute Gasteiger partial charge is 0.234 e. The van der Waals surface area contributed by atoms with Crippen LogP contribution in [0.25, 0.3) is 0 Å². The van der Waals surface area contributed by atoms with Crippen molar-refractivity contribution in [1.82, 2.24) is 15.5 Å². The first-order valence-electron chi connectivity index (χ1n) is 7.35. The Morgan fingerprint density at radius 2 is 2.28 bits per heavy atom. The number of carbonyl (C=O) groups excluding carboxylic acids is 1. The first-order chi connectivity index (χ1) is 8.63. The fraction of sp³-hybridized carbons (Fsp3) is 0.929. The van der Waals surface area contributed by atoms with Crippen LogP contribution in [0.3, 0.4) is 0 Å². The average Bonchev–Trinajstić information content (AvgIpc) is 2.81. The molecule has 0 aromatic rings. The standard InChI is InChI=1S/C14H29N3O/c1-4-9-17(13-6-7-15-10-13)11-14(18)16-8-5-12(2)3/h12-13,15H,4-11H2,1-3H3,(H,16,18). The van der Waals surface area contributed by atoms with Crippen molar-refractivity contribution in [2.24, 2.45) is 5.92 Å². The van der Waals surface area contributed by atoms with Crippen LogP contribution in [0.1, 0.15) is 40.0 Å². The van der Waals surface area contributed by atoms with Crippen molar-refractivity contribution in [3.63, 3.8) is 0 Å². The van der Waals surface area contributed by atoms with Gasteiger partial charge >= 0.3 is 0 Å². The second-order valence-electron chi connectivity index (χ2n) is 5.65. The van der Waals surface area contributed by atoms with E-state index in [-0.39, 0.29) is 5.91 Å². The van der Waals surface area contributed by atoms with E-state index >= 15 is 0 Å². The highest BCUT2D eigenvalue weighted by Gasteiger charge is 2.23. The molecule has 0 spiro atoms. The summed E-state index contributed by atoms with van der Waals surface area (Å²) in [6.07, 6.45) is 3.33. The molecule has 18 heavy (non-hydrogen) atoms. The van der Waals surface area contributed by atoms with E-state index in [0.29, 0.717) is 18.5 Å². The van der Waals surface area contributed by atoms with Gasteiger partial charge in [0, 0.05) is 19.1 Å². The molecule has 0 aliphatic carbocycles. The van der Waals surface area contributed by atoms with Crippen molar-refractivity contribution in [2.45, 2.75) is 46.1 Å². The van der Waals surface area contributed by atoms with Crippen LogP contribution in [-0.4, -0.2) is 49.6 Å². The molecule has 0 saturated carbocycles. The van der Waals surface area contributed by atoms with Gasteiger partial charge in [0.1, 0.15) is 0 Å². The highest BCUT2D eigenvalue weighted by molar-refractivity contribution is 5.78. The van der Waals surface area contributed by atoms with Crippen LogP contribution in [0.5, 0.6) is 0 Å². The Morgan fingerprint density at radius 1 is 1.50 bits per heavy atom. The zero-order valence-corrected chi connectivity index (χ0v) is 12.2. The Bertz CT molecular complexity index is 237. The third-order valence-electron chi connectivity index (χ3n) is 3.45. The quantitative estimate of drug-likeness (QED) is 0.685. The average molecular weight is 255 g/mol. The number of amides is 1. The van der Waals surface area contributed by atoms with Crippen LogP contribution < -0.4 is 10.6 Å².